The molecule has 1 aliphatic rings. The van der Waals surface area contributed by atoms with Gasteiger partial charge in [-0.1, -0.05) is 11.6 Å². The quantitative estimate of drug-likeness (QED) is 0.400. The number of non-ortho nitro benzene ring substituents is 1. The van der Waals surface area contributed by atoms with E-state index in [1.165, 1.54) is 48.5 Å². The number of rotatable bonds is 6. The van der Waals surface area contributed by atoms with Crippen LogP contribution in [-0.2, 0) is 26.2 Å². The van der Waals surface area contributed by atoms with Gasteiger partial charge in [0, 0.05) is 23.7 Å². The van der Waals surface area contributed by atoms with Gasteiger partial charge in [0.25, 0.3) is 5.69 Å². The number of halogens is 1. The van der Waals surface area contributed by atoms with Crippen molar-refractivity contribution in [1.82, 2.24) is 4.31 Å². The largest absolute Gasteiger partial charge is 0.460 e. The number of nitro benzene ring substituents is 1. The van der Waals surface area contributed by atoms with E-state index in [4.69, 9.17) is 16.3 Å². The fourth-order valence-corrected chi connectivity index (χ4v) is 4.74. The van der Waals surface area contributed by atoms with Crippen molar-refractivity contribution < 1.29 is 22.9 Å². The molecule has 0 saturated carbocycles. The first-order valence-electron chi connectivity index (χ1n) is 8.46. The van der Waals surface area contributed by atoms with Crippen LogP contribution < -0.4 is 0 Å². The van der Waals surface area contributed by atoms with Crippen molar-refractivity contribution in [3.63, 3.8) is 0 Å². The Balaban J connectivity index is 1.69. The van der Waals surface area contributed by atoms with Crippen molar-refractivity contribution in [1.29, 1.82) is 0 Å². The summed E-state index contributed by atoms with van der Waals surface area (Å²) < 4.78 is 32.1. The lowest BCUT2D eigenvalue weighted by atomic mass is 10.2. The first kappa shape index (κ1) is 20.2. The van der Waals surface area contributed by atoms with E-state index in [2.05, 4.69) is 0 Å². The Morgan fingerprint density at radius 2 is 1.82 bits per heavy atom. The van der Waals surface area contributed by atoms with Crippen molar-refractivity contribution >= 4 is 33.3 Å². The summed E-state index contributed by atoms with van der Waals surface area (Å²) in [7, 11) is -3.85. The van der Waals surface area contributed by atoms with Crippen LogP contribution in [0.2, 0.25) is 5.02 Å². The molecule has 1 saturated heterocycles. The maximum Gasteiger partial charge on any atom is 0.324 e. The number of nitro groups is 1. The van der Waals surface area contributed by atoms with Gasteiger partial charge in [0.2, 0.25) is 10.0 Å². The highest BCUT2D eigenvalue weighted by atomic mass is 35.5. The minimum atomic E-state index is -3.85. The standard InChI is InChI=1S/C18H17ClN2O6S/c19-14-5-9-16(10-6-14)28(25,26)20-11-1-2-17(20)18(22)27-12-13-3-7-15(8-4-13)21(23)24/h3-10,17H,1-2,11-12H2. The van der Waals surface area contributed by atoms with Crippen LogP contribution >= 0.6 is 11.6 Å². The number of sulfonamides is 1. The van der Waals surface area contributed by atoms with Gasteiger partial charge in [0.05, 0.1) is 9.82 Å². The molecule has 0 aromatic heterocycles. The van der Waals surface area contributed by atoms with Gasteiger partial charge in [-0.2, -0.15) is 4.31 Å². The predicted molar refractivity (Wildman–Crippen MR) is 101 cm³/mol. The number of ether oxygens (including phenoxy) is 1. The van der Waals surface area contributed by atoms with E-state index in [0.717, 1.165) is 4.31 Å². The van der Waals surface area contributed by atoms with Gasteiger partial charge in [-0.15, -0.1) is 0 Å². The highest BCUT2D eigenvalue weighted by molar-refractivity contribution is 7.89. The summed E-state index contributed by atoms with van der Waals surface area (Å²) in [6.07, 6.45) is 0.913. The lowest BCUT2D eigenvalue weighted by molar-refractivity contribution is -0.384. The first-order valence-corrected chi connectivity index (χ1v) is 10.3. The van der Waals surface area contributed by atoms with Gasteiger partial charge in [0.15, 0.2) is 0 Å². The van der Waals surface area contributed by atoms with Crippen LogP contribution in [0.15, 0.2) is 53.4 Å². The number of hydrogen-bond donors (Lipinski definition) is 0. The number of nitrogens with zero attached hydrogens (tertiary/aromatic N) is 2. The zero-order valence-electron chi connectivity index (χ0n) is 14.7. The van der Waals surface area contributed by atoms with E-state index in [9.17, 15) is 23.3 Å². The van der Waals surface area contributed by atoms with E-state index < -0.39 is 27.0 Å². The van der Waals surface area contributed by atoms with Gasteiger partial charge < -0.3 is 4.74 Å². The van der Waals surface area contributed by atoms with Crippen molar-refractivity contribution in [3.8, 4) is 0 Å². The minimum Gasteiger partial charge on any atom is -0.460 e. The second-order valence-corrected chi connectivity index (χ2v) is 8.59. The fourth-order valence-electron chi connectivity index (χ4n) is 2.97. The number of carbonyl (C=O) groups is 1. The molecular weight excluding hydrogens is 408 g/mol. The highest BCUT2D eigenvalue weighted by Gasteiger charge is 2.40. The molecule has 1 fully saturated rings. The third-order valence-corrected chi connectivity index (χ3v) is 6.60. The Kier molecular flexibility index (Phi) is 5.97. The molecule has 0 spiro atoms. The summed E-state index contributed by atoms with van der Waals surface area (Å²) in [5.41, 5.74) is 0.509. The van der Waals surface area contributed by atoms with Crippen molar-refractivity contribution in [2.45, 2.75) is 30.4 Å². The molecular formula is C18H17ClN2O6S. The molecule has 1 aliphatic heterocycles. The topological polar surface area (TPSA) is 107 Å². The van der Waals surface area contributed by atoms with Crippen molar-refractivity contribution in [2.75, 3.05) is 6.54 Å². The number of esters is 1. The third-order valence-electron chi connectivity index (χ3n) is 4.42. The van der Waals surface area contributed by atoms with Crippen LogP contribution in [0.25, 0.3) is 0 Å². The van der Waals surface area contributed by atoms with E-state index >= 15 is 0 Å². The maximum atomic E-state index is 12.8. The number of carbonyl (C=O) groups excluding carboxylic acids is 1. The summed E-state index contributed by atoms with van der Waals surface area (Å²) in [5, 5.41) is 11.1. The molecule has 3 rings (SSSR count). The molecule has 1 unspecified atom stereocenters. The van der Waals surface area contributed by atoms with Gasteiger partial charge in [-0.05, 0) is 54.8 Å². The summed E-state index contributed by atoms with van der Waals surface area (Å²) in [6.45, 7) is 0.129. The molecule has 2 aromatic carbocycles. The van der Waals surface area contributed by atoms with Crippen LogP contribution in [0.4, 0.5) is 5.69 Å². The van der Waals surface area contributed by atoms with Crippen LogP contribution in [0.5, 0.6) is 0 Å². The van der Waals surface area contributed by atoms with E-state index in [0.29, 0.717) is 23.4 Å². The highest BCUT2D eigenvalue weighted by Crippen LogP contribution is 2.28. The Hall–Kier alpha value is -2.49. The summed E-state index contributed by atoms with van der Waals surface area (Å²) >= 11 is 5.81. The Labute approximate surface area is 166 Å². The molecule has 148 valence electrons. The second kappa shape index (κ2) is 8.26. The fraction of sp³-hybridized carbons (Fsp3) is 0.278. The Morgan fingerprint density at radius 3 is 2.43 bits per heavy atom. The minimum absolute atomic E-state index is 0.0620. The molecule has 28 heavy (non-hydrogen) atoms. The SMILES string of the molecule is O=C(OCc1ccc([N+](=O)[O-])cc1)C1CCCN1S(=O)(=O)c1ccc(Cl)cc1. The van der Waals surface area contributed by atoms with Crippen LogP contribution in [-0.4, -0.2) is 36.2 Å². The lowest BCUT2D eigenvalue weighted by Gasteiger charge is -2.22. The van der Waals surface area contributed by atoms with Gasteiger partial charge in [-0.3, -0.25) is 14.9 Å². The monoisotopic (exact) mass is 424 g/mol. The van der Waals surface area contributed by atoms with E-state index in [1.54, 1.807) is 0 Å². The van der Waals surface area contributed by atoms with E-state index in [-0.39, 0.29) is 23.7 Å². The average Bonchev–Trinajstić information content (AvgIpc) is 3.17. The first-order chi connectivity index (χ1) is 13.3. The molecule has 0 N–H and O–H groups in total. The van der Waals surface area contributed by atoms with Crippen LogP contribution in [0.3, 0.4) is 0 Å². The molecule has 1 heterocycles. The second-order valence-electron chi connectivity index (χ2n) is 6.26. The summed E-state index contributed by atoms with van der Waals surface area (Å²) in [6, 6.07) is 10.5. The molecule has 8 nitrogen and oxygen atoms in total. The lowest BCUT2D eigenvalue weighted by Crippen LogP contribution is -2.41. The van der Waals surface area contributed by atoms with Gasteiger partial charge in [-0.25, -0.2) is 8.42 Å². The molecule has 1 atom stereocenters. The molecule has 2 aromatic rings. The molecule has 10 heteroatoms. The van der Waals surface area contributed by atoms with Crippen molar-refractivity contribution in [3.05, 3.63) is 69.2 Å². The normalized spacial score (nSPS) is 17.4. The predicted octanol–water partition coefficient (Wildman–Crippen LogP) is 3.14. The zero-order chi connectivity index (χ0) is 20.3. The smallest absolute Gasteiger partial charge is 0.324 e. The molecule has 0 bridgehead atoms. The molecule has 0 radical (unpaired) electrons. The number of hydrogen-bond acceptors (Lipinski definition) is 6. The van der Waals surface area contributed by atoms with Crippen LogP contribution in [0, 0.1) is 10.1 Å². The van der Waals surface area contributed by atoms with Crippen molar-refractivity contribution in [2.24, 2.45) is 0 Å². The summed E-state index contributed by atoms with van der Waals surface area (Å²) in [5.74, 6) is -0.645. The summed E-state index contributed by atoms with van der Waals surface area (Å²) in [4.78, 5) is 22.7. The number of benzene rings is 2. The van der Waals surface area contributed by atoms with Crippen LogP contribution in [0.1, 0.15) is 18.4 Å². The molecule has 0 amide bonds. The maximum absolute atomic E-state index is 12.8. The third kappa shape index (κ3) is 4.32. The Bertz CT molecular complexity index is 976. The molecule has 0 aliphatic carbocycles. The van der Waals surface area contributed by atoms with E-state index in [1.807, 2.05) is 0 Å². The average molecular weight is 425 g/mol. The van der Waals surface area contributed by atoms with Gasteiger partial charge >= 0.3 is 5.97 Å². The van der Waals surface area contributed by atoms with Gasteiger partial charge in [0.1, 0.15) is 12.6 Å². The Morgan fingerprint density at radius 1 is 1.18 bits per heavy atom. The zero-order valence-corrected chi connectivity index (χ0v) is 16.2.